The van der Waals surface area contributed by atoms with Crippen molar-refractivity contribution in [1.82, 2.24) is 9.03 Å². The van der Waals surface area contributed by atoms with Crippen LogP contribution in [0.2, 0.25) is 0 Å². The van der Waals surface area contributed by atoms with Crippen molar-refractivity contribution in [3.8, 4) is 0 Å². The molecular formula is C11H20N2O4S. The van der Waals surface area contributed by atoms with Gasteiger partial charge in [-0.1, -0.05) is 12.8 Å². The largest absolute Gasteiger partial charge is 0.480 e. The molecule has 1 aliphatic heterocycles. The fourth-order valence-electron chi connectivity index (χ4n) is 2.29. The van der Waals surface area contributed by atoms with Crippen LogP contribution < -0.4 is 4.72 Å². The maximum absolute atomic E-state index is 12.1. The van der Waals surface area contributed by atoms with Crippen LogP contribution in [0.1, 0.15) is 38.5 Å². The van der Waals surface area contributed by atoms with Gasteiger partial charge in [0.2, 0.25) is 0 Å². The molecule has 0 spiro atoms. The van der Waals surface area contributed by atoms with Gasteiger partial charge in [-0.2, -0.15) is 17.4 Å². The summed E-state index contributed by atoms with van der Waals surface area (Å²) < 4.78 is 28.0. The Kier molecular flexibility index (Phi) is 4.24. The van der Waals surface area contributed by atoms with Crippen molar-refractivity contribution in [2.45, 2.75) is 44.6 Å². The Labute approximate surface area is 108 Å². The van der Waals surface area contributed by atoms with Crippen LogP contribution >= 0.6 is 0 Å². The molecule has 6 nitrogen and oxygen atoms in total. The zero-order valence-electron chi connectivity index (χ0n) is 10.3. The van der Waals surface area contributed by atoms with Crippen LogP contribution in [-0.2, 0) is 15.0 Å². The first-order chi connectivity index (χ1) is 8.50. The Balaban J connectivity index is 2.02. The summed E-state index contributed by atoms with van der Waals surface area (Å²) in [5.41, 5.74) is 0. The van der Waals surface area contributed by atoms with Crippen molar-refractivity contribution in [3.05, 3.63) is 0 Å². The Morgan fingerprint density at radius 1 is 1.17 bits per heavy atom. The van der Waals surface area contributed by atoms with Gasteiger partial charge >= 0.3 is 5.97 Å². The number of hydrogen-bond donors (Lipinski definition) is 2. The lowest BCUT2D eigenvalue weighted by Crippen LogP contribution is -2.49. The first kappa shape index (κ1) is 13.8. The SMILES string of the molecule is O=C(O)C(NS(=O)(=O)N1CCCCCC1)C1CC1. The van der Waals surface area contributed by atoms with Crippen LogP contribution in [0.3, 0.4) is 0 Å². The third-order valence-corrected chi connectivity index (χ3v) is 5.14. The fraction of sp³-hybridized carbons (Fsp3) is 0.909. The molecule has 1 aliphatic carbocycles. The van der Waals surface area contributed by atoms with E-state index in [9.17, 15) is 13.2 Å². The van der Waals surface area contributed by atoms with Crippen molar-refractivity contribution < 1.29 is 18.3 Å². The van der Waals surface area contributed by atoms with Gasteiger partial charge in [0, 0.05) is 13.1 Å². The normalized spacial score (nSPS) is 24.4. The summed E-state index contributed by atoms with van der Waals surface area (Å²) in [4.78, 5) is 11.1. The summed E-state index contributed by atoms with van der Waals surface area (Å²) in [7, 11) is -3.65. The Morgan fingerprint density at radius 3 is 2.17 bits per heavy atom. The number of carbonyl (C=O) groups is 1. The first-order valence-electron chi connectivity index (χ1n) is 6.51. The molecule has 0 aromatic carbocycles. The molecule has 7 heteroatoms. The molecule has 1 atom stereocenters. The third kappa shape index (κ3) is 3.43. The number of carboxylic acids is 1. The predicted octanol–water partition coefficient (Wildman–Crippen LogP) is 0.560. The van der Waals surface area contributed by atoms with Crippen LogP contribution in [0, 0.1) is 5.92 Å². The van der Waals surface area contributed by atoms with Gasteiger partial charge in [-0.25, -0.2) is 0 Å². The summed E-state index contributed by atoms with van der Waals surface area (Å²) in [6, 6.07) is -0.960. The van der Waals surface area contributed by atoms with Crippen LogP contribution in [0.4, 0.5) is 0 Å². The smallest absolute Gasteiger partial charge is 0.322 e. The molecule has 2 rings (SSSR count). The molecule has 1 saturated heterocycles. The lowest BCUT2D eigenvalue weighted by Gasteiger charge is -2.23. The average Bonchev–Trinajstić information content (AvgIpc) is 3.12. The van der Waals surface area contributed by atoms with E-state index in [2.05, 4.69) is 4.72 Å². The number of nitrogens with one attached hydrogen (secondary N) is 1. The lowest BCUT2D eigenvalue weighted by atomic mass is 10.2. The van der Waals surface area contributed by atoms with Gasteiger partial charge in [0.25, 0.3) is 10.2 Å². The minimum atomic E-state index is -3.65. The van der Waals surface area contributed by atoms with E-state index in [-0.39, 0.29) is 5.92 Å². The van der Waals surface area contributed by atoms with E-state index in [4.69, 9.17) is 5.11 Å². The predicted molar refractivity (Wildman–Crippen MR) is 66.2 cm³/mol. The zero-order chi connectivity index (χ0) is 13.2. The highest BCUT2D eigenvalue weighted by Gasteiger charge is 2.40. The Morgan fingerprint density at radius 2 is 1.72 bits per heavy atom. The maximum atomic E-state index is 12.1. The van der Waals surface area contributed by atoms with E-state index in [0.717, 1.165) is 38.5 Å². The van der Waals surface area contributed by atoms with Crippen LogP contribution in [0.15, 0.2) is 0 Å². The number of nitrogens with zero attached hydrogens (tertiary/aromatic N) is 1. The van der Waals surface area contributed by atoms with Gasteiger partial charge in [-0.15, -0.1) is 0 Å². The highest BCUT2D eigenvalue weighted by atomic mass is 32.2. The summed E-state index contributed by atoms with van der Waals surface area (Å²) in [6.45, 7) is 0.985. The van der Waals surface area contributed by atoms with Crippen LogP contribution in [-0.4, -0.2) is 42.9 Å². The molecule has 0 bridgehead atoms. The second-order valence-electron chi connectivity index (χ2n) is 5.09. The highest BCUT2D eigenvalue weighted by Crippen LogP contribution is 2.33. The topological polar surface area (TPSA) is 86.7 Å². The van der Waals surface area contributed by atoms with E-state index in [1.807, 2.05) is 0 Å². The third-order valence-electron chi connectivity index (χ3n) is 3.54. The van der Waals surface area contributed by atoms with Gasteiger partial charge in [0.05, 0.1) is 0 Å². The van der Waals surface area contributed by atoms with Crippen molar-refractivity contribution in [2.24, 2.45) is 5.92 Å². The average molecular weight is 276 g/mol. The molecule has 2 N–H and O–H groups in total. The van der Waals surface area contributed by atoms with Gasteiger partial charge in [-0.3, -0.25) is 4.79 Å². The second kappa shape index (κ2) is 5.54. The molecule has 2 fully saturated rings. The van der Waals surface area contributed by atoms with Crippen molar-refractivity contribution in [2.75, 3.05) is 13.1 Å². The lowest BCUT2D eigenvalue weighted by molar-refractivity contribution is -0.139. The van der Waals surface area contributed by atoms with E-state index in [1.165, 1.54) is 4.31 Å². The number of aliphatic carboxylic acids is 1. The summed E-state index contributed by atoms with van der Waals surface area (Å²) in [5.74, 6) is -1.11. The molecule has 1 unspecified atom stereocenters. The van der Waals surface area contributed by atoms with Crippen molar-refractivity contribution >= 4 is 16.2 Å². The number of rotatable bonds is 5. The van der Waals surface area contributed by atoms with Gasteiger partial charge in [0.15, 0.2) is 0 Å². The van der Waals surface area contributed by atoms with Gasteiger partial charge in [-0.05, 0) is 31.6 Å². The molecule has 1 heterocycles. The molecule has 104 valence electrons. The van der Waals surface area contributed by atoms with Crippen LogP contribution in [0.25, 0.3) is 0 Å². The number of carboxylic acid groups (broad SMARTS) is 1. The summed E-state index contributed by atoms with van der Waals surface area (Å²) in [5, 5.41) is 9.06. The van der Waals surface area contributed by atoms with E-state index >= 15 is 0 Å². The van der Waals surface area contributed by atoms with Gasteiger partial charge in [0.1, 0.15) is 6.04 Å². The minimum Gasteiger partial charge on any atom is -0.480 e. The van der Waals surface area contributed by atoms with E-state index in [1.54, 1.807) is 0 Å². The summed E-state index contributed by atoms with van der Waals surface area (Å²) >= 11 is 0. The molecule has 0 aromatic rings. The van der Waals surface area contributed by atoms with Crippen LogP contribution in [0.5, 0.6) is 0 Å². The quantitative estimate of drug-likeness (QED) is 0.768. The second-order valence-corrected chi connectivity index (χ2v) is 6.79. The highest BCUT2D eigenvalue weighted by molar-refractivity contribution is 7.87. The Hall–Kier alpha value is -0.660. The Bertz CT molecular complexity index is 397. The summed E-state index contributed by atoms with van der Waals surface area (Å²) in [6.07, 6.45) is 5.36. The zero-order valence-corrected chi connectivity index (χ0v) is 11.2. The molecule has 0 radical (unpaired) electrons. The van der Waals surface area contributed by atoms with E-state index in [0.29, 0.717) is 13.1 Å². The molecule has 0 aromatic heterocycles. The van der Waals surface area contributed by atoms with Crippen molar-refractivity contribution in [1.29, 1.82) is 0 Å². The van der Waals surface area contributed by atoms with E-state index < -0.39 is 22.2 Å². The number of hydrogen-bond acceptors (Lipinski definition) is 3. The maximum Gasteiger partial charge on any atom is 0.322 e. The monoisotopic (exact) mass is 276 g/mol. The van der Waals surface area contributed by atoms with Crippen molar-refractivity contribution in [3.63, 3.8) is 0 Å². The minimum absolute atomic E-state index is 0.0377. The molecular weight excluding hydrogens is 256 g/mol. The molecule has 1 saturated carbocycles. The molecule has 18 heavy (non-hydrogen) atoms. The first-order valence-corrected chi connectivity index (χ1v) is 7.95. The fourth-order valence-corrected chi connectivity index (χ4v) is 3.80. The molecule has 0 amide bonds. The molecule has 2 aliphatic rings. The standard InChI is InChI=1S/C11H20N2O4S/c14-11(15)10(9-5-6-9)12-18(16,17)13-7-3-1-2-4-8-13/h9-10,12H,1-8H2,(H,14,15). The van der Waals surface area contributed by atoms with Gasteiger partial charge < -0.3 is 5.11 Å².